The van der Waals surface area contributed by atoms with E-state index in [1.807, 2.05) is 12.1 Å². The molecule has 1 aromatic heterocycles. The average molecular weight is 399 g/mol. The Bertz CT molecular complexity index is 943. The number of nitrogens with zero attached hydrogens (tertiary/aromatic N) is 5. The molecule has 0 aliphatic rings. The maximum atomic E-state index is 12.8. The van der Waals surface area contributed by atoms with Crippen LogP contribution in [-0.2, 0) is 16.1 Å². The van der Waals surface area contributed by atoms with Crippen LogP contribution in [0.4, 0.5) is 0 Å². The highest BCUT2D eigenvalue weighted by Gasteiger charge is 2.17. The molecule has 0 saturated carbocycles. The van der Waals surface area contributed by atoms with Crippen molar-refractivity contribution in [3.8, 4) is 12.1 Å². The van der Waals surface area contributed by atoms with Crippen LogP contribution in [0.5, 0.6) is 0 Å². The number of fused-ring (bicyclic) bond motifs is 1. The number of para-hydroxylation sites is 1. The van der Waals surface area contributed by atoms with Crippen LogP contribution < -0.4 is 5.56 Å². The number of rotatable bonds is 10. The fourth-order valence-electron chi connectivity index (χ4n) is 2.59. The van der Waals surface area contributed by atoms with Crippen molar-refractivity contribution in [2.75, 3.05) is 32.6 Å². The molecule has 8 nitrogen and oxygen atoms in total. The summed E-state index contributed by atoms with van der Waals surface area (Å²) >= 11 is 1.17. The highest BCUT2D eigenvalue weighted by Crippen LogP contribution is 2.18. The van der Waals surface area contributed by atoms with Crippen LogP contribution in [0, 0.1) is 22.7 Å². The topological polar surface area (TPSA) is 112 Å². The fourth-order valence-corrected chi connectivity index (χ4v) is 3.51. The first-order valence-corrected chi connectivity index (χ1v) is 9.74. The van der Waals surface area contributed by atoms with Gasteiger partial charge in [-0.1, -0.05) is 23.9 Å². The molecule has 0 spiro atoms. The third kappa shape index (κ3) is 5.56. The number of nitriles is 2. The zero-order valence-corrected chi connectivity index (χ0v) is 16.4. The molecule has 9 heteroatoms. The summed E-state index contributed by atoms with van der Waals surface area (Å²) in [6.45, 7) is 1.23. The number of hydrogen-bond donors (Lipinski definition) is 0. The van der Waals surface area contributed by atoms with Crippen LogP contribution in [0.2, 0.25) is 0 Å². The van der Waals surface area contributed by atoms with Gasteiger partial charge in [0.1, 0.15) is 0 Å². The van der Waals surface area contributed by atoms with E-state index in [1.54, 1.807) is 31.4 Å². The van der Waals surface area contributed by atoms with Crippen LogP contribution in [0.1, 0.15) is 12.8 Å². The van der Waals surface area contributed by atoms with E-state index in [2.05, 4.69) is 4.98 Å². The maximum Gasteiger partial charge on any atom is 0.262 e. The average Bonchev–Trinajstić information content (AvgIpc) is 2.71. The third-order valence-corrected chi connectivity index (χ3v) is 4.97. The molecule has 0 saturated heterocycles. The van der Waals surface area contributed by atoms with Crippen molar-refractivity contribution in [2.45, 2.75) is 24.5 Å². The predicted octanol–water partition coefficient (Wildman–Crippen LogP) is 1.79. The van der Waals surface area contributed by atoms with Crippen LogP contribution in [0.15, 0.2) is 34.2 Å². The molecule has 1 amide bonds. The number of methoxy groups -OCH3 is 1. The van der Waals surface area contributed by atoms with Gasteiger partial charge in [0.25, 0.3) is 5.56 Å². The van der Waals surface area contributed by atoms with E-state index < -0.39 is 0 Å². The smallest absolute Gasteiger partial charge is 0.262 e. The highest BCUT2D eigenvalue weighted by molar-refractivity contribution is 7.99. The molecule has 0 atom stereocenters. The van der Waals surface area contributed by atoms with Gasteiger partial charge in [-0.05, 0) is 12.1 Å². The van der Waals surface area contributed by atoms with Crippen molar-refractivity contribution in [1.29, 1.82) is 10.5 Å². The Balaban J connectivity index is 2.23. The Labute approximate surface area is 167 Å². The standard InChI is InChI=1S/C19H21N5O3S/c1-27-13-12-24-18(26)15-6-2-3-7-16(15)22-19(24)28-14-17(25)23(10-4-8-20)11-5-9-21/h2-3,6-7H,4-5,10-14H2,1H3. The van der Waals surface area contributed by atoms with Crippen LogP contribution in [0.25, 0.3) is 10.9 Å². The SMILES string of the molecule is COCCn1c(SCC(=O)N(CCC#N)CCC#N)nc2ccccc2c1=O. The summed E-state index contributed by atoms with van der Waals surface area (Å²) in [4.78, 5) is 31.4. The monoisotopic (exact) mass is 399 g/mol. The Morgan fingerprint density at radius 2 is 1.93 bits per heavy atom. The molecule has 146 valence electrons. The molecular formula is C19H21N5O3S. The van der Waals surface area contributed by atoms with Crippen molar-refractivity contribution in [3.63, 3.8) is 0 Å². The quantitative estimate of drug-likeness (QED) is 0.442. The predicted molar refractivity (Wildman–Crippen MR) is 106 cm³/mol. The first kappa shape index (κ1) is 21.4. The summed E-state index contributed by atoms with van der Waals surface area (Å²) in [5, 5.41) is 18.5. The van der Waals surface area contributed by atoms with E-state index >= 15 is 0 Å². The van der Waals surface area contributed by atoms with Gasteiger partial charge >= 0.3 is 0 Å². The summed E-state index contributed by atoms with van der Waals surface area (Å²) in [5.41, 5.74) is 0.394. The van der Waals surface area contributed by atoms with Gasteiger partial charge in [0.2, 0.25) is 5.91 Å². The Morgan fingerprint density at radius 3 is 2.57 bits per heavy atom. The van der Waals surface area contributed by atoms with E-state index in [-0.39, 0.29) is 43.2 Å². The lowest BCUT2D eigenvalue weighted by molar-refractivity contribution is -0.128. The largest absolute Gasteiger partial charge is 0.383 e. The van der Waals surface area contributed by atoms with Gasteiger partial charge in [-0.3, -0.25) is 14.2 Å². The van der Waals surface area contributed by atoms with E-state index in [0.717, 1.165) is 0 Å². The molecule has 0 aliphatic carbocycles. The van der Waals surface area contributed by atoms with Crippen LogP contribution >= 0.6 is 11.8 Å². The van der Waals surface area contributed by atoms with Gasteiger partial charge in [-0.2, -0.15) is 10.5 Å². The molecule has 0 fully saturated rings. The number of amides is 1. The van der Waals surface area contributed by atoms with Gasteiger partial charge in [0.15, 0.2) is 5.16 Å². The molecule has 0 unspecified atom stereocenters. The lowest BCUT2D eigenvalue weighted by Gasteiger charge is -2.20. The third-order valence-electron chi connectivity index (χ3n) is 4.01. The second kappa shape index (κ2) is 11.1. The Kier molecular flexibility index (Phi) is 8.47. The molecule has 28 heavy (non-hydrogen) atoms. The number of carbonyl (C=O) groups is 1. The van der Waals surface area contributed by atoms with E-state index in [0.29, 0.717) is 29.2 Å². The maximum absolute atomic E-state index is 12.8. The fraction of sp³-hybridized carbons (Fsp3) is 0.421. The lowest BCUT2D eigenvalue weighted by Crippen LogP contribution is -2.34. The summed E-state index contributed by atoms with van der Waals surface area (Å²) in [5.74, 6) is -0.134. The molecule has 1 heterocycles. The zero-order valence-electron chi connectivity index (χ0n) is 15.6. The van der Waals surface area contributed by atoms with Crippen molar-refractivity contribution in [3.05, 3.63) is 34.6 Å². The molecule has 0 radical (unpaired) electrons. The first-order valence-electron chi connectivity index (χ1n) is 8.75. The van der Waals surface area contributed by atoms with Crippen molar-refractivity contribution < 1.29 is 9.53 Å². The van der Waals surface area contributed by atoms with E-state index in [4.69, 9.17) is 15.3 Å². The molecule has 0 bridgehead atoms. The molecule has 2 rings (SSSR count). The Morgan fingerprint density at radius 1 is 1.25 bits per heavy atom. The lowest BCUT2D eigenvalue weighted by atomic mass is 10.2. The minimum atomic E-state index is -0.198. The summed E-state index contributed by atoms with van der Waals surface area (Å²) in [7, 11) is 1.55. The molecule has 1 aromatic carbocycles. The zero-order chi connectivity index (χ0) is 20.4. The first-order chi connectivity index (χ1) is 13.6. The van der Waals surface area contributed by atoms with Crippen LogP contribution in [-0.4, -0.2) is 52.9 Å². The number of ether oxygens (including phenoxy) is 1. The molecule has 0 N–H and O–H groups in total. The van der Waals surface area contributed by atoms with Gasteiger partial charge in [-0.25, -0.2) is 4.98 Å². The number of hydrogen-bond acceptors (Lipinski definition) is 7. The van der Waals surface area contributed by atoms with Crippen molar-refractivity contribution >= 4 is 28.6 Å². The second-order valence-corrected chi connectivity index (χ2v) is 6.79. The van der Waals surface area contributed by atoms with Gasteiger partial charge in [-0.15, -0.1) is 0 Å². The summed E-state index contributed by atoms with van der Waals surface area (Å²) in [6.07, 6.45) is 0.406. The van der Waals surface area contributed by atoms with Crippen molar-refractivity contribution in [1.82, 2.24) is 14.5 Å². The minimum absolute atomic E-state index is 0.0641. The number of thioether (sulfide) groups is 1. The van der Waals surface area contributed by atoms with Gasteiger partial charge in [0.05, 0.1) is 54.8 Å². The summed E-state index contributed by atoms with van der Waals surface area (Å²) < 4.78 is 6.60. The molecule has 2 aromatic rings. The van der Waals surface area contributed by atoms with Gasteiger partial charge < -0.3 is 9.64 Å². The van der Waals surface area contributed by atoms with Crippen molar-refractivity contribution in [2.24, 2.45) is 0 Å². The summed E-state index contributed by atoms with van der Waals surface area (Å²) in [6, 6.07) is 11.1. The van der Waals surface area contributed by atoms with Crippen LogP contribution in [0.3, 0.4) is 0 Å². The Hall–Kier alpha value is -2.88. The number of benzene rings is 1. The number of aromatic nitrogens is 2. The minimum Gasteiger partial charge on any atom is -0.383 e. The second-order valence-electron chi connectivity index (χ2n) is 5.85. The number of carbonyl (C=O) groups excluding carboxylic acids is 1. The van der Waals surface area contributed by atoms with Gasteiger partial charge in [0, 0.05) is 20.2 Å². The highest BCUT2D eigenvalue weighted by atomic mass is 32.2. The molecular weight excluding hydrogens is 378 g/mol. The normalized spacial score (nSPS) is 10.4. The molecule has 0 aliphatic heterocycles. The van der Waals surface area contributed by atoms with E-state index in [1.165, 1.54) is 21.2 Å². The van der Waals surface area contributed by atoms with E-state index in [9.17, 15) is 9.59 Å².